The first-order chi connectivity index (χ1) is 8.07. The summed E-state index contributed by atoms with van der Waals surface area (Å²) in [4.78, 5) is 0.316. The standard InChI is InChI=1S/C12H21N3O2S/c1-8-6-10(14-13)7-9(2)11(8)18(16,17)15-12(3,4)5/h6-7,14-15H,13H2,1-5H3. The monoisotopic (exact) mass is 271 g/mol. The summed E-state index contributed by atoms with van der Waals surface area (Å²) in [5.41, 5.74) is 4.04. The summed E-state index contributed by atoms with van der Waals surface area (Å²) in [5.74, 6) is 5.33. The molecular weight excluding hydrogens is 250 g/mol. The number of hydrazine groups is 1. The van der Waals surface area contributed by atoms with Gasteiger partial charge in [0.2, 0.25) is 10.0 Å². The predicted octanol–water partition coefficient (Wildman–Crippen LogP) is 1.67. The van der Waals surface area contributed by atoms with Crippen LogP contribution in [0.5, 0.6) is 0 Å². The Bertz CT molecular complexity index is 522. The fourth-order valence-corrected chi connectivity index (χ4v) is 3.79. The van der Waals surface area contributed by atoms with E-state index < -0.39 is 15.6 Å². The number of hydrogen-bond donors (Lipinski definition) is 3. The van der Waals surface area contributed by atoms with Gasteiger partial charge in [-0.3, -0.25) is 5.84 Å². The van der Waals surface area contributed by atoms with Crippen molar-refractivity contribution < 1.29 is 8.42 Å². The number of anilines is 1. The van der Waals surface area contributed by atoms with E-state index in [2.05, 4.69) is 10.1 Å². The van der Waals surface area contributed by atoms with E-state index in [1.54, 1.807) is 26.0 Å². The van der Waals surface area contributed by atoms with Gasteiger partial charge in [-0.15, -0.1) is 0 Å². The van der Waals surface area contributed by atoms with Gasteiger partial charge in [-0.2, -0.15) is 0 Å². The van der Waals surface area contributed by atoms with E-state index in [9.17, 15) is 8.42 Å². The molecule has 102 valence electrons. The molecule has 1 aromatic rings. The molecule has 1 aromatic carbocycles. The second kappa shape index (κ2) is 4.87. The van der Waals surface area contributed by atoms with Crippen LogP contribution in [0, 0.1) is 13.8 Å². The SMILES string of the molecule is Cc1cc(NN)cc(C)c1S(=O)(=O)NC(C)(C)C. The number of aryl methyl sites for hydroxylation is 2. The van der Waals surface area contributed by atoms with Crippen LogP contribution in [0.3, 0.4) is 0 Å². The van der Waals surface area contributed by atoms with E-state index in [0.717, 1.165) is 0 Å². The van der Waals surface area contributed by atoms with E-state index in [0.29, 0.717) is 21.7 Å². The van der Waals surface area contributed by atoms with Crippen molar-refractivity contribution in [3.63, 3.8) is 0 Å². The highest BCUT2D eigenvalue weighted by atomic mass is 32.2. The smallest absolute Gasteiger partial charge is 0.241 e. The lowest BCUT2D eigenvalue weighted by atomic mass is 10.1. The molecule has 0 aromatic heterocycles. The van der Waals surface area contributed by atoms with Crippen LogP contribution in [-0.2, 0) is 10.0 Å². The first-order valence-electron chi connectivity index (χ1n) is 5.68. The molecule has 0 aliphatic heterocycles. The lowest BCUT2D eigenvalue weighted by Gasteiger charge is -2.22. The van der Waals surface area contributed by atoms with Gasteiger partial charge in [0.05, 0.1) is 4.90 Å². The first-order valence-corrected chi connectivity index (χ1v) is 7.17. The molecule has 0 amide bonds. The van der Waals surface area contributed by atoms with Crippen molar-refractivity contribution in [3.8, 4) is 0 Å². The molecule has 0 aliphatic carbocycles. The molecule has 0 fully saturated rings. The van der Waals surface area contributed by atoms with Crippen molar-refractivity contribution in [2.45, 2.75) is 45.1 Å². The summed E-state index contributed by atoms with van der Waals surface area (Å²) in [6.07, 6.45) is 0. The van der Waals surface area contributed by atoms with E-state index in [4.69, 9.17) is 5.84 Å². The summed E-state index contributed by atoms with van der Waals surface area (Å²) in [6, 6.07) is 3.43. The van der Waals surface area contributed by atoms with Crippen LogP contribution < -0.4 is 16.0 Å². The Labute approximate surface area is 109 Å². The highest BCUT2D eigenvalue weighted by Crippen LogP contribution is 2.25. The zero-order chi connectivity index (χ0) is 14.1. The van der Waals surface area contributed by atoms with Crippen molar-refractivity contribution >= 4 is 15.7 Å². The van der Waals surface area contributed by atoms with Gasteiger partial charge in [-0.25, -0.2) is 13.1 Å². The summed E-state index contributed by atoms with van der Waals surface area (Å²) in [6.45, 7) is 8.94. The molecule has 0 heterocycles. The van der Waals surface area contributed by atoms with Crippen LogP contribution in [0.1, 0.15) is 31.9 Å². The minimum atomic E-state index is -3.52. The largest absolute Gasteiger partial charge is 0.324 e. The third-order valence-electron chi connectivity index (χ3n) is 2.34. The van der Waals surface area contributed by atoms with Crippen LogP contribution >= 0.6 is 0 Å². The molecule has 1 rings (SSSR count). The Balaban J connectivity index is 3.34. The van der Waals surface area contributed by atoms with Crippen molar-refractivity contribution in [3.05, 3.63) is 23.3 Å². The van der Waals surface area contributed by atoms with Crippen LogP contribution in [0.4, 0.5) is 5.69 Å². The van der Waals surface area contributed by atoms with Gasteiger partial charge in [0, 0.05) is 11.2 Å². The van der Waals surface area contributed by atoms with Gasteiger partial charge >= 0.3 is 0 Å². The maximum Gasteiger partial charge on any atom is 0.241 e. The number of hydrogen-bond acceptors (Lipinski definition) is 4. The highest BCUT2D eigenvalue weighted by molar-refractivity contribution is 7.89. The molecule has 5 nitrogen and oxygen atoms in total. The molecule has 18 heavy (non-hydrogen) atoms. The van der Waals surface area contributed by atoms with Crippen molar-refractivity contribution in [1.29, 1.82) is 0 Å². The Kier molecular flexibility index (Phi) is 4.05. The third kappa shape index (κ3) is 3.44. The molecule has 0 spiro atoms. The number of benzene rings is 1. The van der Waals surface area contributed by atoms with Crippen LogP contribution in [-0.4, -0.2) is 14.0 Å². The fourth-order valence-electron chi connectivity index (χ4n) is 1.91. The lowest BCUT2D eigenvalue weighted by Crippen LogP contribution is -2.41. The second-order valence-electron chi connectivity index (χ2n) is 5.44. The lowest BCUT2D eigenvalue weighted by molar-refractivity contribution is 0.491. The average Bonchev–Trinajstić information content (AvgIpc) is 2.11. The van der Waals surface area contributed by atoms with Crippen LogP contribution in [0.25, 0.3) is 0 Å². The maximum atomic E-state index is 12.3. The first kappa shape index (κ1) is 14.9. The quantitative estimate of drug-likeness (QED) is 0.576. The minimum absolute atomic E-state index is 0.316. The summed E-state index contributed by atoms with van der Waals surface area (Å²) in [7, 11) is -3.52. The topological polar surface area (TPSA) is 84.2 Å². The molecule has 0 unspecified atom stereocenters. The van der Waals surface area contributed by atoms with Crippen molar-refractivity contribution in [2.75, 3.05) is 5.43 Å². The zero-order valence-corrected chi connectivity index (χ0v) is 12.3. The molecule has 0 radical (unpaired) electrons. The number of nitrogen functional groups attached to an aromatic ring is 1. The number of sulfonamides is 1. The zero-order valence-electron chi connectivity index (χ0n) is 11.5. The molecule has 0 saturated heterocycles. The van der Waals surface area contributed by atoms with Crippen molar-refractivity contribution in [1.82, 2.24) is 4.72 Å². The average molecular weight is 271 g/mol. The Morgan fingerprint density at radius 2 is 1.56 bits per heavy atom. The van der Waals surface area contributed by atoms with E-state index >= 15 is 0 Å². The highest BCUT2D eigenvalue weighted by Gasteiger charge is 2.25. The van der Waals surface area contributed by atoms with Crippen molar-refractivity contribution in [2.24, 2.45) is 5.84 Å². The Morgan fingerprint density at radius 1 is 1.11 bits per heavy atom. The summed E-state index contributed by atoms with van der Waals surface area (Å²) in [5, 5.41) is 0. The van der Waals surface area contributed by atoms with Gasteiger partial charge in [0.1, 0.15) is 0 Å². The van der Waals surface area contributed by atoms with Gasteiger partial charge in [0.25, 0.3) is 0 Å². The Hall–Kier alpha value is -1.11. The molecule has 0 saturated carbocycles. The van der Waals surface area contributed by atoms with Gasteiger partial charge in [0.15, 0.2) is 0 Å². The van der Waals surface area contributed by atoms with Gasteiger partial charge in [-0.05, 0) is 57.9 Å². The Morgan fingerprint density at radius 3 is 1.89 bits per heavy atom. The van der Waals surface area contributed by atoms with E-state index in [1.807, 2.05) is 20.8 Å². The van der Waals surface area contributed by atoms with Crippen LogP contribution in [0.15, 0.2) is 17.0 Å². The van der Waals surface area contributed by atoms with E-state index in [1.165, 1.54) is 0 Å². The molecule has 4 N–H and O–H groups in total. The number of rotatable bonds is 3. The molecule has 0 atom stereocenters. The fraction of sp³-hybridized carbons (Fsp3) is 0.500. The van der Waals surface area contributed by atoms with E-state index in [-0.39, 0.29) is 0 Å². The molecule has 0 aliphatic rings. The van der Waals surface area contributed by atoms with Gasteiger partial charge < -0.3 is 5.43 Å². The number of nitrogens with two attached hydrogens (primary N) is 1. The van der Waals surface area contributed by atoms with Gasteiger partial charge in [-0.1, -0.05) is 0 Å². The molecule has 6 heteroatoms. The number of nitrogens with one attached hydrogen (secondary N) is 2. The van der Waals surface area contributed by atoms with Crippen LogP contribution in [0.2, 0.25) is 0 Å². The predicted molar refractivity (Wildman–Crippen MR) is 73.8 cm³/mol. The third-order valence-corrected chi connectivity index (χ3v) is 4.40. The molecule has 0 bridgehead atoms. The summed E-state index contributed by atoms with van der Waals surface area (Å²) < 4.78 is 27.3. The molecular formula is C12H21N3O2S. The maximum absolute atomic E-state index is 12.3. The summed E-state index contributed by atoms with van der Waals surface area (Å²) >= 11 is 0. The normalized spacial score (nSPS) is 12.6. The second-order valence-corrected chi connectivity index (χ2v) is 7.06. The minimum Gasteiger partial charge on any atom is -0.324 e.